The predicted octanol–water partition coefficient (Wildman–Crippen LogP) is 3.47. The van der Waals surface area contributed by atoms with E-state index in [4.69, 9.17) is 19.6 Å². The molecule has 4 aromatic rings. The van der Waals surface area contributed by atoms with E-state index in [0.29, 0.717) is 29.7 Å². The van der Waals surface area contributed by atoms with Crippen LogP contribution in [0.5, 0.6) is 5.75 Å². The number of nitrogens with zero attached hydrogens (tertiary/aromatic N) is 5. The van der Waals surface area contributed by atoms with Gasteiger partial charge in [0.15, 0.2) is 11.2 Å². The van der Waals surface area contributed by atoms with E-state index in [1.807, 2.05) is 18.2 Å². The van der Waals surface area contributed by atoms with E-state index < -0.39 is 35.1 Å². The van der Waals surface area contributed by atoms with Crippen molar-refractivity contribution in [2.24, 2.45) is 13.0 Å². The highest BCUT2D eigenvalue weighted by molar-refractivity contribution is 5.75. The molecule has 0 radical (unpaired) electrons. The van der Waals surface area contributed by atoms with Crippen LogP contribution in [0.2, 0.25) is 0 Å². The van der Waals surface area contributed by atoms with Crippen LogP contribution in [0.4, 0.5) is 32.3 Å². The number of alkyl halides is 6. The van der Waals surface area contributed by atoms with Crippen molar-refractivity contribution >= 4 is 23.1 Å². The van der Waals surface area contributed by atoms with E-state index >= 15 is 0 Å². The number of halogens is 6. The smallest absolute Gasteiger partial charge is 0.490 e. The summed E-state index contributed by atoms with van der Waals surface area (Å²) in [5.74, 6) is -1.25. The maximum absolute atomic E-state index is 13.9. The van der Waals surface area contributed by atoms with Crippen LogP contribution in [0.25, 0.3) is 11.2 Å². The highest BCUT2D eigenvalue weighted by atomic mass is 19.4. The summed E-state index contributed by atoms with van der Waals surface area (Å²) in [5.41, 5.74) is -1.11. The molecule has 2 unspecified atom stereocenters. The second-order valence-corrected chi connectivity index (χ2v) is 11.1. The van der Waals surface area contributed by atoms with Crippen LogP contribution in [0, 0.1) is 5.92 Å². The number of fused-ring (bicyclic) bond motifs is 2. The van der Waals surface area contributed by atoms with Crippen LogP contribution >= 0.6 is 0 Å². The van der Waals surface area contributed by atoms with Gasteiger partial charge in [0.05, 0.1) is 18.7 Å². The molecule has 47 heavy (non-hydrogen) atoms. The number of carbonyl (C=O) groups is 1. The van der Waals surface area contributed by atoms with Crippen LogP contribution in [0.15, 0.2) is 64.2 Å². The van der Waals surface area contributed by atoms with Gasteiger partial charge in [-0.15, -0.1) is 0 Å². The lowest BCUT2D eigenvalue weighted by molar-refractivity contribution is -0.192. The van der Waals surface area contributed by atoms with Crippen molar-refractivity contribution in [3.8, 4) is 5.75 Å². The number of aromatic nitrogens is 4. The maximum Gasteiger partial charge on any atom is 0.490 e. The highest BCUT2D eigenvalue weighted by Crippen LogP contribution is 2.34. The van der Waals surface area contributed by atoms with Gasteiger partial charge in [-0.25, -0.2) is 9.59 Å². The molecule has 11 nitrogen and oxygen atoms in total. The Morgan fingerprint density at radius 1 is 1.02 bits per heavy atom. The molecule has 0 bridgehead atoms. The van der Waals surface area contributed by atoms with Gasteiger partial charge in [-0.05, 0) is 42.2 Å². The number of aryl methyl sites for hydroxylation is 1. The number of aliphatic carboxylic acids is 1. The van der Waals surface area contributed by atoms with Gasteiger partial charge in [0, 0.05) is 32.7 Å². The lowest BCUT2D eigenvalue weighted by Crippen LogP contribution is -2.41. The molecule has 2 aromatic heterocycles. The molecule has 252 valence electrons. The number of imidazole rings is 1. The Kier molecular flexibility index (Phi) is 9.38. The zero-order valence-corrected chi connectivity index (χ0v) is 24.9. The largest absolute Gasteiger partial charge is 0.492 e. The van der Waals surface area contributed by atoms with Crippen molar-refractivity contribution in [1.82, 2.24) is 24.0 Å². The third-order valence-corrected chi connectivity index (χ3v) is 8.08. The van der Waals surface area contributed by atoms with E-state index in [1.54, 1.807) is 29.8 Å². The molecule has 2 aromatic carbocycles. The average Bonchev–Trinajstić information content (AvgIpc) is 3.73. The van der Waals surface area contributed by atoms with Crippen molar-refractivity contribution in [3.05, 3.63) is 86.6 Å². The third-order valence-electron chi connectivity index (χ3n) is 8.08. The first-order valence-corrected chi connectivity index (χ1v) is 14.5. The second kappa shape index (κ2) is 13.1. The topological polar surface area (TPSA) is 124 Å². The van der Waals surface area contributed by atoms with Crippen molar-refractivity contribution in [2.75, 3.05) is 31.1 Å². The molecule has 6 rings (SSSR count). The number of rotatable bonds is 7. The normalized spacial score (nSPS) is 17.8. The van der Waals surface area contributed by atoms with Gasteiger partial charge in [0.1, 0.15) is 12.4 Å². The van der Waals surface area contributed by atoms with Gasteiger partial charge in [0.25, 0.3) is 5.56 Å². The monoisotopic (exact) mass is 668 g/mol. The van der Waals surface area contributed by atoms with E-state index in [-0.39, 0.29) is 36.9 Å². The fourth-order valence-corrected chi connectivity index (χ4v) is 5.82. The zero-order chi connectivity index (χ0) is 34.1. The zero-order valence-electron chi connectivity index (χ0n) is 24.9. The number of hydrogen-bond donors (Lipinski definition) is 2. The molecule has 2 fully saturated rings. The van der Waals surface area contributed by atoms with Crippen molar-refractivity contribution in [3.63, 3.8) is 0 Å². The number of carboxylic acid groups (broad SMARTS) is 1. The van der Waals surface area contributed by atoms with Crippen molar-refractivity contribution in [1.29, 1.82) is 0 Å². The summed E-state index contributed by atoms with van der Waals surface area (Å²) >= 11 is 0. The number of para-hydroxylation sites is 1. The molecule has 17 heteroatoms. The van der Waals surface area contributed by atoms with Crippen LogP contribution in [-0.4, -0.2) is 68.2 Å². The number of anilines is 1. The predicted molar refractivity (Wildman–Crippen MR) is 158 cm³/mol. The molecule has 2 N–H and O–H groups in total. The summed E-state index contributed by atoms with van der Waals surface area (Å²) in [6.45, 7) is 2.40. The first kappa shape index (κ1) is 33.6. The van der Waals surface area contributed by atoms with E-state index in [0.717, 1.165) is 36.2 Å². The lowest BCUT2D eigenvalue weighted by atomic mass is 10.1. The van der Waals surface area contributed by atoms with Crippen LogP contribution in [0.1, 0.15) is 17.5 Å². The Morgan fingerprint density at radius 2 is 1.72 bits per heavy atom. The van der Waals surface area contributed by atoms with E-state index in [9.17, 15) is 35.9 Å². The minimum atomic E-state index is -5.08. The molecular weight excluding hydrogens is 638 g/mol. The average molecular weight is 669 g/mol. The SMILES string of the molecule is Cn1c(=O)n(CCOc2ccccc2)c(=O)c2c1nc(N1CCC3CNCC31)n2Cc1cccc(C(F)(F)F)c1.O=C(O)C(F)(F)F. The van der Waals surface area contributed by atoms with Gasteiger partial charge < -0.3 is 20.1 Å². The Labute approximate surface area is 262 Å². The molecule has 2 atom stereocenters. The molecule has 4 heterocycles. The highest BCUT2D eigenvalue weighted by Gasteiger charge is 2.40. The molecule has 2 aliphatic heterocycles. The van der Waals surface area contributed by atoms with E-state index in [1.165, 1.54) is 10.6 Å². The summed E-state index contributed by atoms with van der Waals surface area (Å²) in [4.78, 5) is 42.9. The molecular formula is C30H30F6N6O5. The van der Waals surface area contributed by atoms with Gasteiger partial charge in [-0.1, -0.05) is 30.3 Å². The molecule has 2 aliphatic rings. The summed E-state index contributed by atoms with van der Waals surface area (Å²) in [6, 6.07) is 14.3. The first-order valence-electron chi connectivity index (χ1n) is 14.5. The van der Waals surface area contributed by atoms with E-state index in [2.05, 4.69) is 10.2 Å². The lowest BCUT2D eigenvalue weighted by Gasteiger charge is -2.25. The van der Waals surface area contributed by atoms with Crippen LogP contribution in [-0.2, 0) is 31.1 Å². The number of ether oxygens (including phenoxy) is 1. The molecule has 0 aliphatic carbocycles. The fraction of sp³-hybridized carbons (Fsp3) is 0.400. The number of carboxylic acids is 1. The Morgan fingerprint density at radius 3 is 2.38 bits per heavy atom. The second-order valence-electron chi connectivity index (χ2n) is 11.1. The standard InChI is InChI=1S/C28H29F3N6O3.C2HF3O2/c1-34-24-23(25(38)36(27(34)39)12-13-40-21-8-3-2-4-9-21)37(17-18-6-5-7-20(14-18)28(29,30)31)26(33-24)35-11-10-19-15-32-16-22(19)35;3-2(4,5)1(6)7/h2-9,14,19,22,32H,10-13,15-17H2,1H3;(H,6,7). The molecule has 2 saturated heterocycles. The minimum Gasteiger partial charge on any atom is -0.492 e. The first-order chi connectivity index (χ1) is 22.2. The number of hydrogen-bond acceptors (Lipinski definition) is 7. The third kappa shape index (κ3) is 7.13. The summed E-state index contributed by atoms with van der Waals surface area (Å²) in [7, 11) is 1.55. The van der Waals surface area contributed by atoms with Gasteiger partial charge >= 0.3 is 24.0 Å². The quantitative estimate of drug-likeness (QED) is 0.287. The van der Waals surface area contributed by atoms with Gasteiger partial charge in [-0.2, -0.15) is 31.3 Å². The van der Waals surface area contributed by atoms with Gasteiger partial charge in [-0.3, -0.25) is 18.5 Å². The number of benzene rings is 2. The van der Waals surface area contributed by atoms with Crippen LogP contribution < -0.4 is 26.2 Å². The van der Waals surface area contributed by atoms with Gasteiger partial charge in [0.2, 0.25) is 5.95 Å². The Bertz CT molecular complexity index is 1870. The maximum atomic E-state index is 13.9. The summed E-state index contributed by atoms with van der Waals surface area (Å²) in [6.07, 6.45) is -8.65. The molecule has 0 amide bonds. The summed E-state index contributed by atoms with van der Waals surface area (Å²) < 4.78 is 82.0. The van der Waals surface area contributed by atoms with Crippen molar-refractivity contribution < 1.29 is 41.0 Å². The minimum absolute atomic E-state index is 0.00124. The Balaban J connectivity index is 0.000000559. The van der Waals surface area contributed by atoms with Crippen LogP contribution in [0.3, 0.4) is 0 Å². The fourth-order valence-electron chi connectivity index (χ4n) is 5.82. The van der Waals surface area contributed by atoms with Crippen molar-refractivity contribution in [2.45, 2.75) is 37.9 Å². The Hall–Kier alpha value is -4.80. The number of nitrogens with one attached hydrogen (secondary N) is 1. The summed E-state index contributed by atoms with van der Waals surface area (Å²) in [5, 5.41) is 10.5. The molecule has 0 spiro atoms. The molecule has 0 saturated carbocycles.